The van der Waals surface area contributed by atoms with Crippen LogP contribution >= 0.6 is 22.7 Å². The van der Waals surface area contributed by atoms with Crippen LogP contribution in [0.3, 0.4) is 0 Å². The Bertz CT molecular complexity index is 3150. The van der Waals surface area contributed by atoms with E-state index in [9.17, 15) is 0 Å². The van der Waals surface area contributed by atoms with Crippen molar-refractivity contribution in [3.63, 3.8) is 0 Å². The van der Waals surface area contributed by atoms with Gasteiger partial charge in [0.1, 0.15) is 11.2 Å². The van der Waals surface area contributed by atoms with Gasteiger partial charge in [-0.2, -0.15) is 0 Å². The van der Waals surface area contributed by atoms with Crippen molar-refractivity contribution >= 4 is 102 Å². The van der Waals surface area contributed by atoms with Crippen LogP contribution in [0.2, 0.25) is 0 Å². The number of para-hydroxylation sites is 1. The highest BCUT2D eigenvalue weighted by Crippen LogP contribution is 2.44. The van der Waals surface area contributed by atoms with E-state index in [0.717, 1.165) is 50.1 Å². The molecule has 0 saturated carbocycles. The quantitative estimate of drug-likeness (QED) is 0.178. The minimum absolute atomic E-state index is 0.903. The molecule has 0 aliphatic rings. The molecule has 0 amide bonds. The number of hydrogen-bond acceptors (Lipinski definition) is 4. The molecule has 0 bridgehead atoms. The zero-order chi connectivity index (χ0) is 34.2. The van der Waals surface area contributed by atoms with Gasteiger partial charge in [-0.1, -0.05) is 103 Å². The van der Waals surface area contributed by atoms with Gasteiger partial charge < -0.3 is 9.32 Å². The second kappa shape index (κ2) is 11.7. The molecule has 0 N–H and O–H groups in total. The molecule has 11 rings (SSSR count). The van der Waals surface area contributed by atoms with Crippen molar-refractivity contribution in [2.75, 3.05) is 4.90 Å². The van der Waals surface area contributed by atoms with Crippen molar-refractivity contribution in [3.05, 3.63) is 176 Å². The van der Waals surface area contributed by atoms with Gasteiger partial charge in [-0.15, -0.1) is 22.7 Å². The summed E-state index contributed by atoms with van der Waals surface area (Å²) in [4.78, 5) is 2.39. The lowest BCUT2D eigenvalue weighted by atomic mass is 9.99. The maximum Gasteiger partial charge on any atom is 0.136 e. The minimum Gasteiger partial charge on any atom is -0.456 e. The smallest absolute Gasteiger partial charge is 0.136 e. The Morgan fingerprint density at radius 3 is 1.83 bits per heavy atom. The van der Waals surface area contributed by atoms with Crippen LogP contribution in [0.5, 0.6) is 0 Å². The summed E-state index contributed by atoms with van der Waals surface area (Å²) in [5, 5.41) is 7.54. The van der Waals surface area contributed by atoms with E-state index in [1.54, 1.807) is 0 Å². The van der Waals surface area contributed by atoms with Crippen LogP contribution in [0.1, 0.15) is 0 Å². The summed E-state index contributed by atoms with van der Waals surface area (Å²) in [7, 11) is 0. The van der Waals surface area contributed by atoms with Crippen molar-refractivity contribution in [2.24, 2.45) is 0 Å². The lowest BCUT2D eigenvalue weighted by Gasteiger charge is -2.26. The normalized spacial score (nSPS) is 11.8. The van der Waals surface area contributed by atoms with E-state index in [2.05, 4.69) is 169 Å². The van der Waals surface area contributed by atoms with Crippen molar-refractivity contribution in [2.45, 2.75) is 0 Å². The lowest BCUT2D eigenvalue weighted by Crippen LogP contribution is -2.09. The SMILES string of the molecule is c1cc(-c2ccc3c(c2)oc2ccccc23)cc(N(c2ccc(-c3cccc4sc5ccccc5c34)cc2)c2ccc3c(c2)sc2ccccc23)c1. The van der Waals surface area contributed by atoms with Gasteiger partial charge in [0, 0.05) is 68.2 Å². The van der Waals surface area contributed by atoms with E-state index in [0.29, 0.717) is 0 Å². The number of fused-ring (bicyclic) bond motifs is 9. The molecule has 0 spiro atoms. The molecule has 0 aliphatic heterocycles. The molecular formula is C48H29NOS2. The van der Waals surface area contributed by atoms with Gasteiger partial charge in [0.05, 0.1) is 0 Å². The summed E-state index contributed by atoms with van der Waals surface area (Å²) in [6.45, 7) is 0. The molecule has 2 nitrogen and oxygen atoms in total. The highest BCUT2D eigenvalue weighted by Gasteiger charge is 2.18. The number of rotatable bonds is 5. The minimum atomic E-state index is 0.903. The third-order valence-corrected chi connectivity index (χ3v) is 12.5. The third-order valence-electron chi connectivity index (χ3n) is 10.3. The van der Waals surface area contributed by atoms with Crippen molar-refractivity contribution in [1.29, 1.82) is 0 Å². The van der Waals surface area contributed by atoms with Crippen LogP contribution in [0.4, 0.5) is 17.1 Å². The Morgan fingerprint density at radius 2 is 0.942 bits per heavy atom. The van der Waals surface area contributed by atoms with Crippen LogP contribution in [-0.2, 0) is 0 Å². The first-order chi connectivity index (χ1) is 25.7. The molecule has 0 saturated heterocycles. The van der Waals surface area contributed by atoms with Crippen molar-refractivity contribution < 1.29 is 4.42 Å². The second-order valence-electron chi connectivity index (χ2n) is 13.3. The Balaban J connectivity index is 1.05. The maximum absolute atomic E-state index is 6.28. The first-order valence-electron chi connectivity index (χ1n) is 17.5. The van der Waals surface area contributed by atoms with E-state index < -0.39 is 0 Å². The zero-order valence-electron chi connectivity index (χ0n) is 27.9. The van der Waals surface area contributed by atoms with E-state index in [-0.39, 0.29) is 0 Å². The maximum atomic E-state index is 6.28. The van der Waals surface area contributed by atoms with Gasteiger partial charge in [-0.05, 0) is 95.1 Å². The van der Waals surface area contributed by atoms with Gasteiger partial charge in [-0.25, -0.2) is 0 Å². The molecule has 0 unspecified atom stereocenters. The molecule has 8 aromatic carbocycles. The first kappa shape index (κ1) is 29.5. The summed E-state index contributed by atoms with van der Waals surface area (Å²) in [5.41, 5.74) is 9.90. The van der Waals surface area contributed by atoms with Gasteiger partial charge >= 0.3 is 0 Å². The highest BCUT2D eigenvalue weighted by molar-refractivity contribution is 7.26. The van der Waals surface area contributed by atoms with Gasteiger partial charge in [0.25, 0.3) is 0 Å². The summed E-state index contributed by atoms with van der Waals surface area (Å²) < 4.78 is 11.5. The van der Waals surface area contributed by atoms with Gasteiger partial charge in [0.2, 0.25) is 0 Å². The van der Waals surface area contributed by atoms with E-state index in [1.165, 1.54) is 51.5 Å². The van der Waals surface area contributed by atoms with E-state index >= 15 is 0 Å². The van der Waals surface area contributed by atoms with Crippen LogP contribution in [-0.4, -0.2) is 0 Å². The molecular weight excluding hydrogens is 671 g/mol. The standard InChI is InChI=1S/C48H29NOS2/c1-4-15-42-37(11-1)38-25-21-32(28-43(38)50-42)31-9-7-10-34(27-31)49(35-24-26-40-39-12-2-5-16-44(39)52-47(40)29-35)33-22-19-30(20-23-33)36-14-8-18-46-48(36)41-13-3-6-17-45(41)51-46/h1-29H. The monoisotopic (exact) mass is 699 g/mol. The molecule has 3 heterocycles. The predicted octanol–water partition coefficient (Wildman–Crippen LogP) is 15.1. The molecule has 0 aliphatic carbocycles. The fraction of sp³-hybridized carbons (Fsp3) is 0. The van der Waals surface area contributed by atoms with Gasteiger partial charge in [0.15, 0.2) is 0 Å². The average molecular weight is 700 g/mol. The summed E-state index contributed by atoms with van der Waals surface area (Å²) in [6, 6.07) is 63.8. The molecule has 0 radical (unpaired) electrons. The number of thiophene rings is 2. The molecule has 244 valence electrons. The number of hydrogen-bond donors (Lipinski definition) is 0. The fourth-order valence-electron chi connectivity index (χ4n) is 7.84. The van der Waals surface area contributed by atoms with Crippen LogP contribution in [0, 0.1) is 0 Å². The lowest BCUT2D eigenvalue weighted by molar-refractivity contribution is 0.669. The number of furan rings is 1. The predicted molar refractivity (Wildman–Crippen MR) is 225 cm³/mol. The Morgan fingerprint density at radius 1 is 0.346 bits per heavy atom. The summed E-state index contributed by atoms with van der Waals surface area (Å²) in [5.74, 6) is 0. The topological polar surface area (TPSA) is 16.4 Å². The summed E-state index contributed by atoms with van der Waals surface area (Å²) >= 11 is 3.72. The van der Waals surface area contributed by atoms with Crippen LogP contribution in [0.15, 0.2) is 180 Å². The zero-order valence-corrected chi connectivity index (χ0v) is 29.5. The largest absolute Gasteiger partial charge is 0.456 e. The number of benzene rings is 8. The molecule has 0 fully saturated rings. The third kappa shape index (κ3) is 4.69. The van der Waals surface area contributed by atoms with Crippen molar-refractivity contribution in [3.8, 4) is 22.3 Å². The first-order valence-corrected chi connectivity index (χ1v) is 19.1. The average Bonchev–Trinajstić information content (AvgIpc) is 3.89. The Kier molecular flexibility index (Phi) is 6.63. The van der Waals surface area contributed by atoms with E-state index in [4.69, 9.17) is 4.42 Å². The Hall–Kier alpha value is -6.20. The molecule has 4 heteroatoms. The van der Waals surface area contributed by atoms with Crippen LogP contribution < -0.4 is 4.90 Å². The number of anilines is 3. The van der Waals surface area contributed by atoms with E-state index in [1.807, 2.05) is 34.8 Å². The van der Waals surface area contributed by atoms with Gasteiger partial charge in [-0.3, -0.25) is 0 Å². The second-order valence-corrected chi connectivity index (χ2v) is 15.5. The van der Waals surface area contributed by atoms with Crippen LogP contribution in [0.25, 0.3) is 84.5 Å². The molecule has 3 aromatic heterocycles. The fourth-order valence-corrected chi connectivity index (χ4v) is 10.1. The molecule has 52 heavy (non-hydrogen) atoms. The molecule has 0 atom stereocenters. The summed E-state index contributed by atoms with van der Waals surface area (Å²) in [6.07, 6.45) is 0. The molecule has 11 aromatic rings. The number of nitrogens with zero attached hydrogens (tertiary/aromatic N) is 1. The highest BCUT2D eigenvalue weighted by atomic mass is 32.1. The van der Waals surface area contributed by atoms with Crippen molar-refractivity contribution in [1.82, 2.24) is 0 Å². The Labute approximate surface area is 308 Å².